The van der Waals surface area contributed by atoms with Gasteiger partial charge in [-0.15, -0.1) is 10.2 Å². The van der Waals surface area contributed by atoms with Crippen LogP contribution in [0.2, 0.25) is 10.0 Å². The Kier molecular flexibility index (Phi) is 7.73. The number of piperidine rings is 1. The predicted octanol–water partition coefficient (Wildman–Crippen LogP) is 4.70. The Bertz CT molecular complexity index is 1280. The highest BCUT2D eigenvalue weighted by Crippen LogP contribution is 2.30. The molecule has 1 aliphatic heterocycles. The number of ether oxygens (including phenoxy) is 1. The average molecular weight is 541 g/mol. The summed E-state index contributed by atoms with van der Waals surface area (Å²) in [4.78, 5) is 12.9. The molecule has 4 rings (SSSR count). The van der Waals surface area contributed by atoms with Crippen molar-refractivity contribution in [2.75, 3.05) is 25.5 Å². The number of hydrogen-bond donors (Lipinski definition) is 1. The molecule has 1 atom stereocenters. The molecule has 3 aromatic rings. The van der Waals surface area contributed by atoms with Gasteiger partial charge in [0.15, 0.2) is 0 Å². The van der Waals surface area contributed by atoms with E-state index in [1.165, 1.54) is 21.7 Å². The van der Waals surface area contributed by atoms with Crippen molar-refractivity contribution in [3.63, 3.8) is 0 Å². The standard InChI is InChI=1S/C22H22Cl2N4O4S2/c1-32-18-8-5-14(6-9-18)21-26-27-22(33-21)25-20(29)15-3-2-10-28(12-15)34(30,31)13-16-4-7-17(23)11-19(16)24/h4-9,11,15H,2-3,10,12-13H2,1H3,(H,25,27,29)/t15-/m0/s1. The van der Waals surface area contributed by atoms with Crippen molar-refractivity contribution in [2.45, 2.75) is 18.6 Å². The number of sulfonamides is 1. The SMILES string of the molecule is COc1ccc(-c2nnc(NC(=O)[C@H]3CCCN(S(=O)(=O)Cc4ccc(Cl)cc4Cl)C3)s2)cc1. The van der Waals surface area contributed by atoms with E-state index in [1.807, 2.05) is 24.3 Å². The number of rotatable bonds is 7. The van der Waals surface area contributed by atoms with Gasteiger partial charge in [-0.25, -0.2) is 12.7 Å². The van der Waals surface area contributed by atoms with Crippen LogP contribution in [-0.2, 0) is 20.6 Å². The van der Waals surface area contributed by atoms with Gasteiger partial charge in [0.25, 0.3) is 0 Å². The van der Waals surface area contributed by atoms with E-state index in [0.717, 1.165) is 11.3 Å². The van der Waals surface area contributed by atoms with Gasteiger partial charge in [-0.3, -0.25) is 4.79 Å². The summed E-state index contributed by atoms with van der Waals surface area (Å²) in [5.41, 5.74) is 1.33. The molecule has 1 N–H and O–H groups in total. The highest BCUT2D eigenvalue weighted by Gasteiger charge is 2.33. The van der Waals surface area contributed by atoms with Crippen molar-refractivity contribution in [3.05, 3.63) is 58.1 Å². The molecule has 2 heterocycles. The van der Waals surface area contributed by atoms with Gasteiger partial charge in [0.1, 0.15) is 10.8 Å². The molecule has 1 aliphatic rings. The first-order valence-electron chi connectivity index (χ1n) is 10.5. The molecule has 8 nitrogen and oxygen atoms in total. The number of amides is 1. The second-order valence-corrected chi connectivity index (χ2v) is 11.6. The highest BCUT2D eigenvalue weighted by atomic mass is 35.5. The van der Waals surface area contributed by atoms with Crippen LogP contribution in [0.4, 0.5) is 5.13 Å². The molecular weight excluding hydrogens is 519 g/mol. The van der Waals surface area contributed by atoms with Gasteiger partial charge in [0, 0.05) is 28.7 Å². The molecule has 12 heteroatoms. The van der Waals surface area contributed by atoms with Crippen LogP contribution in [0.5, 0.6) is 5.75 Å². The van der Waals surface area contributed by atoms with Crippen LogP contribution in [0, 0.1) is 5.92 Å². The molecule has 0 saturated carbocycles. The molecular formula is C22H22Cl2N4O4S2. The number of anilines is 1. The van der Waals surface area contributed by atoms with Crippen molar-refractivity contribution < 1.29 is 17.9 Å². The Morgan fingerprint density at radius 1 is 1.21 bits per heavy atom. The van der Waals surface area contributed by atoms with Crippen LogP contribution in [0.1, 0.15) is 18.4 Å². The van der Waals surface area contributed by atoms with Crippen LogP contribution in [0.25, 0.3) is 10.6 Å². The van der Waals surface area contributed by atoms with E-state index in [0.29, 0.717) is 45.1 Å². The summed E-state index contributed by atoms with van der Waals surface area (Å²) in [6, 6.07) is 12.1. The Hall–Kier alpha value is -2.24. The largest absolute Gasteiger partial charge is 0.497 e. The van der Waals surface area contributed by atoms with E-state index in [1.54, 1.807) is 19.2 Å². The Labute approximate surface area is 211 Å². The lowest BCUT2D eigenvalue weighted by atomic mass is 9.99. The maximum atomic E-state index is 13.0. The third kappa shape index (κ3) is 5.87. The predicted molar refractivity (Wildman–Crippen MR) is 134 cm³/mol. The van der Waals surface area contributed by atoms with Crippen LogP contribution < -0.4 is 10.1 Å². The zero-order valence-electron chi connectivity index (χ0n) is 18.2. The molecule has 0 spiro atoms. The van der Waals surface area contributed by atoms with E-state index >= 15 is 0 Å². The lowest BCUT2D eigenvalue weighted by Crippen LogP contribution is -2.44. The third-order valence-corrected chi connectivity index (χ3v) is 8.76. The number of methoxy groups -OCH3 is 1. The van der Waals surface area contributed by atoms with Gasteiger partial charge >= 0.3 is 0 Å². The fourth-order valence-electron chi connectivity index (χ4n) is 3.67. The first-order chi connectivity index (χ1) is 16.2. The molecule has 0 bridgehead atoms. The van der Waals surface area contributed by atoms with E-state index < -0.39 is 15.9 Å². The lowest BCUT2D eigenvalue weighted by Gasteiger charge is -2.31. The minimum absolute atomic E-state index is 0.101. The lowest BCUT2D eigenvalue weighted by molar-refractivity contribution is -0.120. The van der Waals surface area contributed by atoms with Crippen LogP contribution in [-0.4, -0.2) is 49.0 Å². The zero-order chi connectivity index (χ0) is 24.3. The molecule has 0 aliphatic carbocycles. The molecule has 180 valence electrons. The summed E-state index contributed by atoms with van der Waals surface area (Å²) < 4.78 is 32.5. The number of benzene rings is 2. The van der Waals surface area contributed by atoms with Crippen molar-refractivity contribution in [1.82, 2.24) is 14.5 Å². The minimum Gasteiger partial charge on any atom is -0.497 e. The summed E-state index contributed by atoms with van der Waals surface area (Å²) in [6.07, 6.45) is 1.17. The van der Waals surface area contributed by atoms with Crippen molar-refractivity contribution in [3.8, 4) is 16.3 Å². The van der Waals surface area contributed by atoms with Gasteiger partial charge in [-0.05, 0) is 54.8 Å². The topological polar surface area (TPSA) is 101 Å². The molecule has 1 amide bonds. The summed E-state index contributed by atoms with van der Waals surface area (Å²) in [5, 5.41) is 12.7. The molecule has 34 heavy (non-hydrogen) atoms. The zero-order valence-corrected chi connectivity index (χ0v) is 21.3. The van der Waals surface area contributed by atoms with Gasteiger partial charge in [-0.2, -0.15) is 0 Å². The summed E-state index contributed by atoms with van der Waals surface area (Å²) in [5.74, 6) is -0.282. The fraction of sp³-hybridized carbons (Fsp3) is 0.318. The molecule has 1 fully saturated rings. The molecule has 2 aromatic carbocycles. The Morgan fingerprint density at radius 3 is 2.68 bits per heavy atom. The fourth-order valence-corrected chi connectivity index (χ4v) is 6.62. The number of carbonyl (C=O) groups excluding carboxylic acids is 1. The van der Waals surface area contributed by atoms with E-state index in [4.69, 9.17) is 27.9 Å². The first kappa shape index (κ1) is 24.9. The number of nitrogens with zero attached hydrogens (tertiary/aromatic N) is 3. The van der Waals surface area contributed by atoms with Gasteiger partial charge in [-0.1, -0.05) is 40.6 Å². The van der Waals surface area contributed by atoms with Gasteiger partial charge < -0.3 is 10.1 Å². The normalized spacial score (nSPS) is 16.9. The van der Waals surface area contributed by atoms with E-state index in [2.05, 4.69) is 15.5 Å². The monoisotopic (exact) mass is 540 g/mol. The second-order valence-electron chi connectivity index (χ2n) is 7.82. The molecule has 0 unspecified atom stereocenters. The van der Waals surface area contributed by atoms with Gasteiger partial charge in [0.05, 0.1) is 18.8 Å². The van der Waals surface area contributed by atoms with Gasteiger partial charge in [0.2, 0.25) is 21.1 Å². The summed E-state index contributed by atoms with van der Waals surface area (Å²) in [7, 11) is -2.06. The van der Waals surface area contributed by atoms with E-state index in [9.17, 15) is 13.2 Å². The Balaban J connectivity index is 1.40. The average Bonchev–Trinajstić information content (AvgIpc) is 3.29. The second kappa shape index (κ2) is 10.6. The summed E-state index contributed by atoms with van der Waals surface area (Å²) >= 11 is 13.3. The molecule has 1 aromatic heterocycles. The minimum atomic E-state index is -3.66. The number of nitrogens with one attached hydrogen (secondary N) is 1. The highest BCUT2D eigenvalue weighted by molar-refractivity contribution is 7.88. The number of carbonyl (C=O) groups is 1. The third-order valence-electron chi connectivity index (χ3n) is 5.49. The summed E-state index contributed by atoms with van der Waals surface area (Å²) in [6.45, 7) is 0.460. The number of hydrogen-bond acceptors (Lipinski definition) is 7. The number of halogens is 2. The maximum Gasteiger partial charge on any atom is 0.230 e. The molecule has 0 radical (unpaired) electrons. The Morgan fingerprint density at radius 2 is 1.97 bits per heavy atom. The van der Waals surface area contributed by atoms with Crippen LogP contribution >= 0.6 is 34.5 Å². The quantitative estimate of drug-likeness (QED) is 0.465. The van der Waals surface area contributed by atoms with Crippen LogP contribution in [0.15, 0.2) is 42.5 Å². The van der Waals surface area contributed by atoms with E-state index in [-0.39, 0.29) is 18.2 Å². The molecule has 1 saturated heterocycles. The van der Waals surface area contributed by atoms with Crippen molar-refractivity contribution in [2.24, 2.45) is 5.92 Å². The maximum absolute atomic E-state index is 13.0. The van der Waals surface area contributed by atoms with Crippen LogP contribution in [0.3, 0.4) is 0 Å². The first-order valence-corrected chi connectivity index (χ1v) is 13.6. The number of aromatic nitrogens is 2. The smallest absolute Gasteiger partial charge is 0.230 e. The van der Waals surface area contributed by atoms with Crippen molar-refractivity contribution in [1.29, 1.82) is 0 Å². The van der Waals surface area contributed by atoms with Crippen molar-refractivity contribution >= 4 is 55.6 Å².